The van der Waals surface area contributed by atoms with Gasteiger partial charge in [0, 0.05) is 37.6 Å². The van der Waals surface area contributed by atoms with Gasteiger partial charge in [-0.25, -0.2) is 9.38 Å². The van der Waals surface area contributed by atoms with E-state index < -0.39 is 5.60 Å². The molecule has 0 saturated carbocycles. The fourth-order valence-electron chi connectivity index (χ4n) is 3.65. The Morgan fingerprint density at radius 1 is 1.19 bits per heavy atom. The first kappa shape index (κ1) is 23.5. The van der Waals surface area contributed by atoms with Crippen molar-refractivity contribution in [1.82, 2.24) is 15.5 Å². The van der Waals surface area contributed by atoms with E-state index in [-0.39, 0.29) is 5.82 Å². The van der Waals surface area contributed by atoms with Crippen LogP contribution in [0, 0.1) is 5.82 Å². The Labute approximate surface area is 188 Å². The second-order valence-electron chi connectivity index (χ2n) is 8.01. The molecule has 170 valence electrons. The van der Waals surface area contributed by atoms with E-state index in [1.807, 2.05) is 36.6 Å². The number of hydrogen-bond acceptors (Lipinski definition) is 5. The van der Waals surface area contributed by atoms with Crippen molar-refractivity contribution in [3.05, 3.63) is 52.0 Å². The molecule has 0 amide bonds. The number of benzene rings is 1. The minimum atomic E-state index is -0.986. The summed E-state index contributed by atoms with van der Waals surface area (Å²) in [5, 5.41) is 19.0. The van der Waals surface area contributed by atoms with Gasteiger partial charge in [0.15, 0.2) is 5.96 Å². The van der Waals surface area contributed by atoms with Gasteiger partial charge in [0.2, 0.25) is 0 Å². The highest BCUT2D eigenvalue weighted by Crippen LogP contribution is 2.24. The summed E-state index contributed by atoms with van der Waals surface area (Å²) in [5.41, 5.74) is 0.496. The first-order valence-electron chi connectivity index (χ1n) is 11.0. The first-order chi connectivity index (χ1) is 14.9. The Kier molecular flexibility index (Phi) is 8.28. The zero-order valence-electron chi connectivity index (χ0n) is 18.7. The quantitative estimate of drug-likeness (QED) is 0.429. The van der Waals surface area contributed by atoms with E-state index in [4.69, 9.17) is 0 Å². The molecule has 0 bridgehead atoms. The summed E-state index contributed by atoms with van der Waals surface area (Å²) in [4.78, 5) is 9.96. The summed E-state index contributed by atoms with van der Waals surface area (Å²) in [7, 11) is 0. The number of thiophene rings is 1. The van der Waals surface area contributed by atoms with Crippen LogP contribution in [0.5, 0.6) is 0 Å². The number of likely N-dealkylation sites (N-methyl/N-ethyl adjacent to an activating group) is 1. The predicted molar refractivity (Wildman–Crippen MR) is 127 cm³/mol. The lowest BCUT2D eigenvalue weighted by Crippen LogP contribution is -2.46. The maximum absolute atomic E-state index is 14.8. The molecule has 1 saturated heterocycles. The lowest BCUT2D eigenvalue weighted by molar-refractivity contribution is 0.0655. The third-order valence-electron chi connectivity index (χ3n) is 5.59. The number of aliphatic hydroxyl groups is 1. The average molecular weight is 448 g/mol. The summed E-state index contributed by atoms with van der Waals surface area (Å²) in [6.07, 6.45) is 0. The zero-order valence-corrected chi connectivity index (χ0v) is 19.5. The van der Waals surface area contributed by atoms with Crippen molar-refractivity contribution in [2.45, 2.75) is 32.9 Å². The molecule has 6 nitrogen and oxygen atoms in total. The van der Waals surface area contributed by atoms with Crippen LogP contribution in [-0.4, -0.2) is 61.8 Å². The van der Waals surface area contributed by atoms with Crippen LogP contribution in [0.15, 0.2) is 40.7 Å². The van der Waals surface area contributed by atoms with Gasteiger partial charge in [-0.2, -0.15) is 0 Å². The van der Waals surface area contributed by atoms with Crippen LogP contribution >= 0.6 is 11.3 Å². The van der Waals surface area contributed by atoms with Crippen LogP contribution in [0.4, 0.5) is 10.1 Å². The van der Waals surface area contributed by atoms with Crippen molar-refractivity contribution in [3.63, 3.8) is 0 Å². The van der Waals surface area contributed by atoms with Gasteiger partial charge >= 0.3 is 0 Å². The van der Waals surface area contributed by atoms with Crippen molar-refractivity contribution >= 4 is 23.0 Å². The fourth-order valence-corrected chi connectivity index (χ4v) is 4.44. The molecule has 1 aromatic carbocycles. The van der Waals surface area contributed by atoms with Crippen molar-refractivity contribution in [2.75, 3.05) is 50.7 Å². The van der Waals surface area contributed by atoms with Gasteiger partial charge in [-0.15, -0.1) is 11.3 Å². The van der Waals surface area contributed by atoms with Gasteiger partial charge in [-0.05, 0) is 49.5 Å². The molecule has 1 unspecified atom stereocenters. The number of guanidine groups is 1. The summed E-state index contributed by atoms with van der Waals surface area (Å²) in [6.45, 7) is 12.0. The van der Waals surface area contributed by atoms with E-state index in [1.165, 1.54) is 11.3 Å². The Balaban J connectivity index is 1.61. The number of piperazine rings is 1. The highest BCUT2D eigenvalue weighted by atomic mass is 32.1. The molecule has 0 spiro atoms. The maximum atomic E-state index is 14.8. The van der Waals surface area contributed by atoms with Crippen LogP contribution in [0.1, 0.15) is 31.2 Å². The lowest BCUT2D eigenvalue weighted by atomic mass is 10.1. The second-order valence-corrected chi connectivity index (χ2v) is 8.95. The van der Waals surface area contributed by atoms with Gasteiger partial charge in [-0.1, -0.05) is 19.1 Å². The van der Waals surface area contributed by atoms with E-state index in [0.29, 0.717) is 31.3 Å². The van der Waals surface area contributed by atoms with Crippen molar-refractivity contribution in [3.8, 4) is 0 Å². The summed E-state index contributed by atoms with van der Waals surface area (Å²) in [5.74, 6) is 0.399. The molecule has 1 atom stereocenters. The van der Waals surface area contributed by atoms with Gasteiger partial charge in [0.05, 0.1) is 18.8 Å². The minimum Gasteiger partial charge on any atom is -0.383 e. The molecule has 31 heavy (non-hydrogen) atoms. The molecule has 3 rings (SSSR count). The van der Waals surface area contributed by atoms with Crippen molar-refractivity contribution < 1.29 is 9.50 Å². The smallest absolute Gasteiger partial charge is 0.191 e. The molecule has 1 aliphatic rings. The lowest BCUT2D eigenvalue weighted by Gasteiger charge is -2.35. The predicted octanol–water partition coefficient (Wildman–Crippen LogP) is 2.99. The maximum Gasteiger partial charge on any atom is 0.191 e. The molecular weight excluding hydrogens is 413 g/mol. The van der Waals surface area contributed by atoms with E-state index in [2.05, 4.69) is 32.3 Å². The van der Waals surface area contributed by atoms with E-state index in [0.717, 1.165) is 43.2 Å². The normalized spacial score (nSPS) is 17.5. The van der Waals surface area contributed by atoms with Crippen LogP contribution in [0.25, 0.3) is 0 Å². The first-order valence-corrected chi connectivity index (χ1v) is 11.8. The van der Waals surface area contributed by atoms with Crippen LogP contribution < -0.4 is 15.5 Å². The number of halogens is 1. The number of hydrogen-bond donors (Lipinski definition) is 3. The molecule has 0 radical (unpaired) electrons. The van der Waals surface area contributed by atoms with Crippen LogP contribution in [-0.2, 0) is 12.1 Å². The highest BCUT2D eigenvalue weighted by molar-refractivity contribution is 7.10. The van der Waals surface area contributed by atoms with Gasteiger partial charge in [0.1, 0.15) is 11.4 Å². The Bertz CT molecular complexity index is 848. The second kappa shape index (κ2) is 10.9. The Hall–Kier alpha value is -2.16. The number of aliphatic imine (C=N–C) groups is 1. The van der Waals surface area contributed by atoms with E-state index in [1.54, 1.807) is 13.0 Å². The fraction of sp³-hybridized carbons (Fsp3) is 0.522. The molecule has 2 aromatic rings. The molecule has 2 heterocycles. The van der Waals surface area contributed by atoms with Crippen molar-refractivity contribution in [1.29, 1.82) is 0 Å². The van der Waals surface area contributed by atoms with Crippen LogP contribution in [0.3, 0.4) is 0 Å². The topological polar surface area (TPSA) is 63.1 Å². The molecule has 1 fully saturated rings. The monoisotopic (exact) mass is 447 g/mol. The van der Waals surface area contributed by atoms with Gasteiger partial charge in [-0.3, -0.25) is 0 Å². The molecule has 8 heteroatoms. The zero-order chi connectivity index (χ0) is 22.3. The summed E-state index contributed by atoms with van der Waals surface area (Å²) in [6, 6.07) is 9.23. The highest BCUT2D eigenvalue weighted by Gasteiger charge is 2.24. The van der Waals surface area contributed by atoms with Gasteiger partial charge < -0.3 is 25.5 Å². The number of nitrogens with zero attached hydrogens (tertiary/aromatic N) is 3. The molecule has 3 N–H and O–H groups in total. The minimum absolute atomic E-state index is 0.198. The summed E-state index contributed by atoms with van der Waals surface area (Å²) >= 11 is 1.52. The van der Waals surface area contributed by atoms with Crippen LogP contribution in [0.2, 0.25) is 0 Å². The summed E-state index contributed by atoms with van der Waals surface area (Å²) < 4.78 is 14.8. The third kappa shape index (κ3) is 6.41. The standard InChI is InChI=1S/C23H34FN5OS/c1-4-25-22(27-17-23(3,30)21-7-6-14-31-21)26-16-18-8-9-20(19(24)15-18)29-12-10-28(5-2)11-13-29/h6-9,14-15,30H,4-5,10-13,16-17H2,1-3H3,(H2,25,26,27). The van der Waals surface area contributed by atoms with Crippen molar-refractivity contribution in [2.24, 2.45) is 4.99 Å². The largest absolute Gasteiger partial charge is 0.383 e. The SMILES string of the molecule is CCNC(=NCc1ccc(N2CCN(CC)CC2)c(F)c1)NCC(C)(O)c1cccs1. The molecule has 1 aromatic heterocycles. The number of rotatable bonds is 8. The molecule has 1 aliphatic heterocycles. The third-order valence-corrected chi connectivity index (χ3v) is 6.71. The molecular formula is C23H34FN5OS. The van der Waals surface area contributed by atoms with E-state index >= 15 is 0 Å². The average Bonchev–Trinajstić information content (AvgIpc) is 3.32. The number of nitrogens with one attached hydrogen (secondary N) is 2. The van der Waals surface area contributed by atoms with E-state index in [9.17, 15) is 9.50 Å². The molecule has 0 aliphatic carbocycles. The Morgan fingerprint density at radius 2 is 1.97 bits per heavy atom. The number of anilines is 1. The Morgan fingerprint density at radius 3 is 2.58 bits per heavy atom. The van der Waals surface area contributed by atoms with Gasteiger partial charge in [0.25, 0.3) is 0 Å².